The highest BCUT2D eigenvalue weighted by molar-refractivity contribution is 6.30. The second-order valence-corrected chi connectivity index (χ2v) is 5.36. The Bertz CT molecular complexity index is 476. The van der Waals surface area contributed by atoms with Crippen molar-refractivity contribution >= 4 is 23.4 Å². The van der Waals surface area contributed by atoms with E-state index in [4.69, 9.17) is 11.6 Å². The van der Waals surface area contributed by atoms with Crippen LogP contribution in [0.1, 0.15) is 31.4 Å². The third kappa shape index (κ3) is 6.60. The van der Waals surface area contributed by atoms with Gasteiger partial charge in [-0.25, -0.2) is 0 Å². The first kappa shape index (κ1) is 17.5. The number of amides is 2. The normalized spacial score (nSPS) is 11.8. The number of carbonyl (C=O) groups is 2. The summed E-state index contributed by atoms with van der Waals surface area (Å²) in [6, 6.07) is 6.78. The van der Waals surface area contributed by atoms with Crippen LogP contribution >= 0.6 is 11.6 Å². The molecule has 0 bridgehead atoms. The smallest absolute Gasteiger partial charge is 0.225 e. The summed E-state index contributed by atoms with van der Waals surface area (Å²) >= 11 is 5.78. The maximum atomic E-state index is 12.0. The van der Waals surface area contributed by atoms with Gasteiger partial charge in [-0.2, -0.15) is 0 Å². The lowest BCUT2D eigenvalue weighted by Gasteiger charge is -2.19. The zero-order valence-corrected chi connectivity index (χ0v) is 13.1. The third-order valence-electron chi connectivity index (χ3n) is 3.09. The van der Waals surface area contributed by atoms with E-state index < -0.39 is 6.10 Å². The van der Waals surface area contributed by atoms with Crippen LogP contribution in [0.25, 0.3) is 0 Å². The van der Waals surface area contributed by atoms with Crippen molar-refractivity contribution in [1.82, 2.24) is 10.2 Å². The third-order valence-corrected chi connectivity index (χ3v) is 3.34. The van der Waals surface area contributed by atoms with Crippen LogP contribution in [0, 0.1) is 0 Å². The molecule has 2 amide bonds. The number of rotatable bonds is 7. The highest BCUT2D eigenvalue weighted by atomic mass is 35.5. The molecule has 0 aliphatic rings. The van der Waals surface area contributed by atoms with Gasteiger partial charge in [0.05, 0.1) is 12.5 Å². The summed E-state index contributed by atoms with van der Waals surface area (Å²) in [5.74, 6) is -0.220. The minimum absolute atomic E-state index is 0.0261. The molecule has 21 heavy (non-hydrogen) atoms. The van der Waals surface area contributed by atoms with Gasteiger partial charge in [0.2, 0.25) is 11.8 Å². The Kier molecular flexibility index (Phi) is 7.19. The molecule has 2 N–H and O–H groups in total. The molecule has 0 aliphatic heterocycles. The van der Waals surface area contributed by atoms with Gasteiger partial charge >= 0.3 is 0 Å². The first-order valence-corrected chi connectivity index (χ1v) is 7.20. The maximum absolute atomic E-state index is 12.0. The molecular weight excluding hydrogens is 292 g/mol. The van der Waals surface area contributed by atoms with Crippen LogP contribution in [0.4, 0.5) is 0 Å². The number of benzene rings is 1. The van der Waals surface area contributed by atoms with Gasteiger partial charge in [0, 0.05) is 32.1 Å². The van der Waals surface area contributed by atoms with Crippen molar-refractivity contribution in [3.8, 4) is 0 Å². The average molecular weight is 313 g/mol. The fourth-order valence-corrected chi connectivity index (χ4v) is 1.96. The zero-order valence-electron chi connectivity index (χ0n) is 12.3. The van der Waals surface area contributed by atoms with Crippen LogP contribution in [0.2, 0.25) is 5.02 Å². The number of hydrogen-bond acceptors (Lipinski definition) is 3. The van der Waals surface area contributed by atoms with E-state index in [1.165, 1.54) is 6.92 Å². The van der Waals surface area contributed by atoms with Crippen LogP contribution in [-0.2, 0) is 9.59 Å². The molecule has 1 rings (SSSR count). The van der Waals surface area contributed by atoms with Crippen LogP contribution in [0.15, 0.2) is 24.3 Å². The topological polar surface area (TPSA) is 69.6 Å². The predicted octanol–water partition coefficient (Wildman–Crippen LogP) is 1.75. The second kappa shape index (κ2) is 8.64. The highest BCUT2D eigenvalue weighted by Gasteiger charge is 2.16. The zero-order chi connectivity index (χ0) is 15.8. The molecule has 0 saturated carbocycles. The Morgan fingerprint density at radius 2 is 1.95 bits per heavy atom. The first-order valence-electron chi connectivity index (χ1n) is 6.82. The average Bonchev–Trinajstić information content (AvgIpc) is 2.43. The molecule has 1 unspecified atom stereocenters. The van der Waals surface area contributed by atoms with E-state index in [9.17, 15) is 14.7 Å². The van der Waals surface area contributed by atoms with Gasteiger partial charge in [0.15, 0.2) is 0 Å². The Labute approximate surface area is 129 Å². The van der Waals surface area contributed by atoms with E-state index in [1.54, 1.807) is 36.2 Å². The van der Waals surface area contributed by atoms with E-state index in [-0.39, 0.29) is 18.2 Å². The summed E-state index contributed by atoms with van der Waals surface area (Å²) in [6.07, 6.45) is -0.135. The SMILES string of the molecule is CC(=O)NCCCN(C)C(=O)CC(O)c1ccc(Cl)cc1. The molecular formula is C15H21ClN2O3. The number of nitrogens with one attached hydrogen (secondary N) is 1. The summed E-state index contributed by atoms with van der Waals surface area (Å²) in [5, 5.41) is 13.3. The van der Waals surface area contributed by atoms with E-state index in [0.29, 0.717) is 30.1 Å². The van der Waals surface area contributed by atoms with Crippen molar-refractivity contribution in [2.45, 2.75) is 25.9 Å². The molecule has 0 saturated heterocycles. The molecule has 0 fully saturated rings. The number of hydrogen-bond donors (Lipinski definition) is 2. The van der Waals surface area contributed by atoms with Crippen molar-refractivity contribution < 1.29 is 14.7 Å². The Hall–Kier alpha value is -1.59. The monoisotopic (exact) mass is 312 g/mol. The van der Waals surface area contributed by atoms with Gasteiger partial charge in [0.1, 0.15) is 0 Å². The van der Waals surface area contributed by atoms with Crippen molar-refractivity contribution in [3.05, 3.63) is 34.9 Å². The quantitative estimate of drug-likeness (QED) is 0.754. The largest absolute Gasteiger partial charge is 0.388 e. The standard InChI is InChI=1S/C15H21ClN2O3/c1-11(19)17-8-3-9-18(2)15(21)10-14(20)12-4-6-13(16)7-5-12/h4-7,14,20H,3,8-10H2,1-2H3,(H,17,19). The molecule has 5 nitrogen and oxygen atoms in total. The van der Waals surface area contributed by atoms with E-state index in [1.807, 2.05) is 0 Å². The van der Waals surface area contributed by atoms with Crippen LogP contribution in [0.3, 0.4) is 0 Å². The summed E-state index contributed by atoms with van der Waals surface area (Å²) in [4.78, 5) is 24.2. The van der Waals surface area contributed by atoms with E-state index in [2.05, 4.69) is 5.32 Å². The van der Waals surface area contributed by atoms with Crippen molar-refractivity contribution in [2.24, 2.45) is 0 Å². The lowest BCUT2D eigenvalue weighted by Crippen LogP contribution is -2.31. The number of halogens is 1. The summed E-state index contributed by atoms with van der Waals surface area (Å²) in [6.45, 7) is 2.52. The predicted molar refractivity (Wildman–Crippen MR) is 82.0 cm³/mol. The molecule has 1 aromatic rings. The lowest BCUT2D eigenvalue weighted by atomic mass is 10.1. The fraction of sp³-hybridized carbons (Fsp3) is 0.467. The number of carbonyl (C=O) groups excluding carboxylic acids is 2. The van der Waals surface area contributed by atoms with Crippen LogP contribution in [0.5, 0.6) is 0 Å². The fourth-order valence-electron chi connectivity index (χ4n) is 1.83. The molecule has 0 aliphatic carbocycles. The molecule has 0 radical (unpaired) electrons. The molecule has 0 spiro atoms. The van der Waals surface area contributed by atoms with E-state index >= 15 is 0 Å². The minimum Gasteiger partial charge on any atom is -0.388 e. The molecule has 0 aromatic heterocycles. The van der Waals surface area contributed by atoms with Gasteiger partial charge in [-0.05, 0) is 24.1 Å². The number of aliphatic hydroxyl groups excluding tert-OH is 1. The number of aliphatic hydroxyl groups is 1. The van der Waals surface area contributed by atoms with E-state index in [0.717, 1.165) is 0 Å². The molecule has 0 heterocycles. The first-order chi connectivity index (χ1) is 9.90. The van der Waals surface area contributed by atoms with Gasteiger partial charge < -0.3 is 15.3 Å². The second-order valence-electron chi connectivity index (χ2n) is 4.92. The minimum atomic E-state index is -0.840. The highest BCUT2D eigenvalue weighted by Crippen LogP contribution is 2.19. The Morgan fingerprint density at radius 3 is 2.52 bits per heavy atom. The molecule has 116 valence electrons. The lowest BCUT2D eigenvalue weighted by molar-refractivity contribution is -0.132. The van der Waals surface area contributed by atoms with Crippen molar-refractivity contribution in [2.75, 3.05) is 20.1 Å². The summed E-state index contributed by atoms with van der Waals surface area (Å²) < 4.78 is 0. The summed E-state index contributed by atoms with van der Waals surface area (Å²) in [7, 11) is 1.69. The van der Waals surface area contributed by atoms with Gasteiger partial charge in [-0.3, -0.25) is 9.59 Å². The van der Waals surface area contributed by atoms with Crippen molar-refractivity contribution in [3.63, 3.8) is 0 Å². The van der Waals surface area contributed by atoms with Gasteiger partial charge in [0.25, 0.3) is 0 Å². The van der Waals surface area contributed by atoms with Gasteiger partial charge in [-0.15, -0.1) is 0 Å². The number of nitrogens with zero attached hydrogens (tertiary/aromatic N) is 1. The molecule has 6 heteroatoms. The maximum Gasteiger partial charge on any atom is 0.225 e. The van der Waals surface area contributed by atoms with Crippen LogP contribution < -0.4 is 5.32 Å². The Morgan fingerprint density at radius 1 is 1.33 bits per heavy atom. The summed E-state index contributed by atoms with van der Waals surface area (Å²) in [5.41, 5.74) is 0.666. The molecule has 1 aromatic carbocycles. The molecule has 1 atom stereocenters. The Balaban J connectivity index is 2.37. The van der Waals surface area contributed by atoms with Crippen LogP contribution in [-0.4, -0.2) is 42.0 Å². The van der Waals surface area contributed by atoms with Crippen molar-refractivity contribution in [1.29, 1.82) is 0 Å². The van der Waals surface area contributed by atoms with Gasteiger partial charge in [-0.1, -0.05) is 23.7 Å².